The SMILES string of the molecule is COc1ccc2sc(C(=O)NCc3ccc4c(c3)OCO4)c(Cl)c2c1. The van der Waals surface area contributed by atoms with Crippen molar-refractivity contribution in [1.82, 2.24) is 5.32 Å². The van der Waals surface area contributed by atoms with Gasteiger partial charge in [0.05, 0.1) is 12.1 Å². The first kappa shape index (κ1) is 16.1. The predicted molar refractivity (Wildman–Crippen MR) is 97.1 cm³/mol. The van der Waals surface area contributed by atoms with Gasteiger partial charge in [-0.05, 0) is 35.9 Å². The first-order chi connectivity index (χ1) is 12.2. The zero-order valence-electron chi connectivity index (χ0n) is 13.3. The van der Waals surface area contributed by atoms with Crippen LogP contribution in [-0.4, -0.2) is 19.8 Å². The van der Waals surface area contributed by atoms with Gasteiger partial charge in [0.15, 0.2) is 11.5 Å². The third kappa shape index (κ3) is 2.99. The van der Waals surface area contributed by atoms with E-state index in [1.165, 1.54) is 11.3 Å². The van der Waals surface area contributed by atoms with Gasteiger partial charge >= 0.3 is 0 Å². The third-order valence-electron chi connectivity index (χ3n) is 3.93. The van der Waals surface area contributed by atoms with Crippen molar-refractivity contribution in [3.63, 3.8) is 0 Å². The molecular formula is C18H14ClNO4S. The quantitative estimate of drug-likeness (QED) is 0.741. The van der Waals surface area contributed by atoms with Crippen LogP contribution in [0, 0.1) is 0 Å². The lowest BCUT2D eigenvalue weighted by atomic mass is 10.2. The molecule has 0 spiro atoms. The molecule has 0 unspecified atom stereocenters. The normalized spacial score (nSPS) is 12.4. The molecule has 1 aliphatic heterocycles. The molecule has 0 fully saturated rings. The summed E-state index contributed by atoms with van der Waals surface area (Å²) in [4.78, 5) is 13.0. The largest absolute Gasteiger partial charge is 0.497 e. The highest BCUT2D eigenvalue weighted by Gasteiger charge is 2.18. The molecule has 0 aliphatic carbocycles. The summed E-state index contributed by atoms with van der Waals surface area (Å²) in [6, 6.07) is 11.2. The van der Waals surface area contributed by atoms with Crippen LogP contribution in [0.3, 0.4) is 0 Å². The zero-order chi connectivity index (χ0) is 17.4. The summed E-state index contributed by atoms with van der Waals surface area (Å²) in [5.41, 5.74) is 0.927. The molecule has 4 rings (SSSR count). The van der Waals surface area contributed by atoms with Crippen molar-refractivity contribution in [2.75, 3.05) is 13.9 Å². The standard InChI is InChI=1S/C18H14ClNO4S/c1-22-11-3-5-15-12(7-11)16(19)17(25-15)18(21)20-8-10-2-4-13-14(6-10)24-9-23-13/h2-7H,8-9H2,1H3,(H,20,21). The Bertz CT molecular complexity index is 969. The van der Waals surface area contributed by atoms with Gasteiger partial charge in [-0.3, -0.25) is 4.79 Å². The number of thiophene rings is 1. The van der Waals surface area contributed by atoms with E-state index in [1.54, 1.807) is 7.11 Å². The number of rotatable bonds is 4. The summed E-state index contributed by atoms with van der Waals surface area (Å²) in [7, 11) is 1.60. The molecule has 2 heterocycles. The summed E-state index contributed by atoms with van der Waals surface area (Å²) < 4.78 is 16.8. The van der Waals surface area contributed by atoms with Gasteiger partial charge in [0.25, 0.3) is 5.91 Å². The fraction of sp³-hybridized carbons (Fsp3) is 0.167. The average Bonchev–Trinajstić information content (AvgIpc) is 3.23. The number of ether oxygens (including phenoxy) is 3. The second-order valence-electron chi connectivity index (χ2n) is 5.48. The summed E-state index contributed by atoms with van der Waals surface area (Å²) >= 11 is 7.76. The number of nitrogens with one attached hydrogen (secondary N) is 1. The molecule has 25 heavy (non-hydrogen) atoms. The minimum absolute atomic E-state index is 0.206. The molecule has 3 aromatic rings. The van der Waals surface area contributed by atoms with Crippen molar-refractivity contribution in [2.45, 2.75) is 6.54 Å². The van der Waals surface area contributed by atoms with Crippen LogP contribution in [0.2, 0.25) is 5.02 Å². The Labute approximate surface area is 153 Å². The number of carbonyl (C=O) groups is 1. The molecule has 0 radical (unpaired) electrons. The van der Waals surface area contributed by atoms with Gasteiger partial charge in [-0.15, -0.1) is 11.3 Å². The van der Waals surface area contributed by atoms with Gasteiger partial charge in [-0.1, -0.05) is 17.7 Å². The number of benzene rings is 2. The van der Waals surface area contributed by atoms with Crippen LogP contribution in [0.4, 0.5) is 0 Å². The Morgan fingerprint density at radius 1 is 1.24 bits per heavy atom. The number of fused-ring (bicyclic) bond motifs is 2. The number of carbonyl (C=O) groups excluding carboxylic acids is 1. The van der Waals surface area contributed by atoms with E-state index in [1.807, 2.05) is 36.4 Å². The molecule has 2 aromatic carbocycles. The first-order valence-electron chi connectivity index (χ1n) is 7.58. The Balaban J connectivity index is 1.53. The molecule has 7 heteroatoms. The summed E-state index contributed by atoms with van der Waals surface area (Å²) in [6.45, 7) is 0.607. The van der Waals surface area contributed by atoms with Crippen molar-refractivity contribution in [2.24, 2.45) is 0 Å². The third-order valence-corrected chi connectivity index (χ3v) is 5.61. The molecule has 1 aromatic heterocycles. The number of hydrogen-bond donors (Lipinski definition) is 1. The van der Waals surface area contributed by atoms with E-state index >= 15 is 0 Å². The molecule has 0 saturated heterocycles. The summed E-state index contributed by atoms with van der Waals surface area (Å²) in [5, 5.41) is 4.16. The van der Waals surface area contributed by atoms with Gasteiger partial charge in [0, 0.05) is 16.6 Å². The smallest absolute Gasteiger partial charge is 0.263 e. The molecule has 0 atom stereocenters. The van der Waals surface area contributed by atoms with E-state index in [-0.39, 0.29) is 12.7 Å². The average molecular weight is 376 g/mol. The molecule has 0 bridgehead atoms. The number of methoxy groups -OCH3 is 1. The van der Waals surface area contributed by atoms with E-state index < -0.39 is 0 Å². The lowest BCUT2D eigenvalue weighted by Crippen LogP contribution is -2.22. The lowest BCUT2D eigenvalue weighted by Gasteiger charge is -2.05. The van der Waals surface area contributed by atoms with E-state index in [0.717, 1.165) is 21.4 Å². The van der Waals surface area contributed by atoms with E-state index in [4.69, 9.17) is 25.8 Å². The van der Waals surface area contributed by atoms with Gasteiger partial charge < -0.3 is 19.5 Å². The molecule has 5 nitrogen and oxygen atoms in total. The Morgan fingerprint density at radius 3 is 2.92 bits per heavy atom. The minimum atomic E-state index is -0.206. The number of hydrogen-bond acceptors (Lipinski definition) is 5. The lowest BCUT2D eigenvalue weighted by molar-refractivity contribution is 0.0955. The van der Waals surface area contributed by atoms with Crippen LogP contribution in [-0.2, 0) is 6.54 Å². The van der Waals surface area contributed by atoms with Crippen LogP contribution in [0.1, 0.15) is 15.2 Å². The van der Waals surface area contributed by atoms with Gasteiger partial charge in [0.1, 0.15) is 10.6 Å². The van der Waals surface area contributed by atoms with E-state index in [2.05, 4.69) is 5.32 Å². The van der Waals surface area contributed by atoms with Gasteiger partial charge in [0.2, 0.25) is 6.79 Å². The van der Waals surface area contributed by atoms with Crippen molar-refractivity contribution >= 4 is 38.9 Å². The second kappa shape index (κ2) is 6.46. The van der Waals surface area contributed by atoms with E-state index in [9.17, 15) is 4.79 Å². The predicted octanol–water partition coefficient (Wildman–Crippen LogP) is 4.22. The number of amides is 1. The van der Waals surface area contributed by atoms with Crippen LogP contribution in [0.25, 0.3) is 10.1 Å². The number of halogens is 1. The maximum atomic E-state index is 12.5. The van der Waals surface area contributed by atoms with Crippen LogP contribution in [0.15, 0.2) is 36.4 Å². The molecule has 0 saturated carbocycles. The highest BCUT2D eigenvalue weighted by molar-refractivity contribution is 7.21. The van der Waals surface area contributed by atoms with Crippen molar-refractivity contribution in [3.05, 3.63) is 51.9 Å². The maximum absolute atomic E-state index is 12.5. The fourth-order valence-corrected chi connectivity index (χ4v) is 4.04. The monoisotopic (exact) mass is 375 g/mol. The minimum Gasteiger partial charge on any atom is -0.497 e. The second-order valence-corrected chi connectivity index (χ2v) is 6.91. The molecule has 1 amide bonds. The van der Waals surface area contributed by atoms with Gasteiger partial charge in [-0.25, -0.2) is 0 Å². The zero-order valence-corrected chi connectivity index (χ0v) is 14.9. The summed E-state index contributed by atoms with van der Waals surface area (Å²) in [5.74, 6) is 1.91. The Morgan fingerprint density at radius 2 is 2.08 bits per heavy atom. The topological polar surface area (TPSA) is 56.8 Å². The highest BCUT2D eigenvalue weighted by atomic mass is 35.5. The van der Waals surface area contributed by atoms with Crippen LogP contribution < -0.4 is 19.5 Å². The molecule has 128 valence electrons. The Hall–Kier alpha value is -2.44. The molecule has 1 N–H and O–H groups in total. The van der Waals surface area contributed by atoms with Crippen LogP contribution in [0.5, 0.6) is 17.2 Å². The molecule has 1 aliphatic rings. The van der Waals surface area contributed by atoms with Crippen molar-refractivity contribution < 1.29 is 19.0 Å². The first-order valence-corrected chi connectivity index (χ1v) is 8.78. The van der Waals surface area contributed by atoms with Crippen LogP contribution >= 0.6 is 22.9 Å². The van der Waals surface area contributed by atoms with Gasteiger partial charge in [-0.2, -0.15) is 0 Å². The Kier molecular flexibility index (Phi) is 4.15. The van der Waals surface area contributed by atoms with Crippen molar-refractivity contribution in [1.29, 1.82) is 0 Å². The van der Waals surface area contributed by atoms with Crippen molar-refractivity contribution in [3.8, 4) is 17.2 Å². The highest BCUT2D eigenvalue weighted by Crippen LogP contribution is 2.37. The summed E-state index contributed by atoms with van der Waals surface area (Å²) in [6.07, 6.45) is 0. The fourth-order valence-electron chi connectivity index (χ4n) is 2.63. The molecular weight excluding hydrogens is 362 g/mol. The van der Waals surface area contributed by atoms with E-state index in [0.29, 0.717) is 27.9 Å². The maximum Gasteiger partial charge on any atom is 0.263 e.